The van der Waals surface area contributed by atoms with Crippen molar-refractivity contribution in [3.63, 3.8) is 0 Å². The van der Waals surface area contributed by atoms with Gasteiger partial charge in [0.1, 0.15) is 5.70 Å². The second kappa shape index (κ2) is 7.73. The molecule has 0 spiro atoms. The van der Waals surface area contributed by atoms with Gasteiger partial charge >= 0.3 is 12.1 Å². The molecule has 0 aliphatic rings. The van der Waals surface area contributed by atoms with Crippen molar-refractivity contribution >= 4 is 12.1 Å². The monoisotopic (exact) mass is 229 g/mol. The predicted molar refractivity (Wildman–Crippen MR) is 59.9 cm³/mol. The molecule has 0 aromatic rings. The Labute approximate surface area is 95.5 Å². The molecule has 16 heavy (non-hydrogen) atoms. The van der Waals surface area contributed by atoms with Crippen LogP contribution in [-0.2, 0) is 9.53 Å². The fourth-order valence-electron chi connectivity index (χ4n) is 0.955. The number of carboxylic acids is 1. The number of rotatable bonds is 6. The molecule has 1 amide bonds. The van der Waals surface area contributed by atoms with Gasteiger partial charge in [0.25, 0.3) is 0 Å². The van der Waals surface area contributed by atoms with E-state index >= 15 is 0 Å². The topological polar surface area (TPSA) is 75.6 Å². The summed E-state index contributed by atoms with van der Waals surface area (Å²) in [5.41, 5.74) is -0.142. The summed E-state index contributed by atoms with van der Waals surface area (Å²) in [4.78, 5) is 21.9. The van der Waals surface area contributed by atoms with Crippen LogP contribution in [0.1, 0.15) is 33.6 Å². The van der Waals surface area contributed by atoms with Crippen molar-refractivity contribution in [2.45, 2.75) is 33.6 Å². The summed E-state index contributed by atoms with van der Waals surface area (Å²) in [5, 5.41) is 11.0. The highest BCUT2D eigenvalue weighted by Gasteiger charge is 2.12. The number of nitrogens with one attached hydrogen (secondary N) is 1. The Morgan fingerprint density at radius 3 is 2.50 bits per heavy atom. The van der Waals surface area contributed by atoms with Gasteiger partial charge in [-0.1, -0.05) is 33.3 Å². The number of alkyl carbamates (subject to hydrolysis) is 1. The first-order valence-corrected chi connectivity index (χ1v) is 5.36. The number of carboxylic acid groups (broad SMARTS) is 1. The van der Waals surface area contributed by atoms with Crippen molar-refractivity contribution < 1.29 is 19.4 Å². The van der Waals surface area contributed by atoms with Crippen LogP contribution in [0.25, 0.3) is 0 Å². The molecule has 0 bridgehead atoms. The van der Waals surface area contributed by atoms with Crippen LogP contribution < -0.4 is 5.32 Å². The number of carbonyl (C=O) groups is 2. The number of unbranched alkanes of at least 4 members (excludes halogenated alkanes) is 1. The average Bonchev–Trinajstić information content (AvgIpc) is 2.16. The van der Waals surface area contributed by atoms with Crippen LogP contribution in [0.2, 0.25) is 0 Å². The number of ether oxygens (including phenoxy) is 1. The van der Waals surface area contributed by atoms with Crippen molar-refractivity contribution in [2.24, 2.45) is 5.92 Å². The summed E-state index contributed by atoms with van der Waals surface area (Å²) in [5.74, 6) is -1.12. The molecule has 5 nitrogen and oxygen atoms in total. The van der Waals surface area contributed by atoms with Gasteiger partial charge < -0.3 is 9.84 Å². The molecule has 0 aliphatic carbocycles. The molecular weight excluding hydrogens is 210 g/mol. The largest absolute Gasteiger partial charge is 0.477 e. The molecule has 0 rings (SSSR count). The van der Waals surface area contributed by atoms with Gasteiger partial charge in [-0.15, -0.1) is 0 Å². The first-order chi connectivity index (χ1) is 7.47. The summed E-state index contributed by atoms with van der Waals surface area (Å²) in [6, 6.07) is 0. The molecule has 0 saturated heterocycles. The normalized spacial score (nSPS) is 11.4. The number of aliphatic carboxylic acids is 1. The quantitative estimate of drug-likeness (QED) is 0.540. The van der Waals surface area contributed by atoms with Crippen LogP contribution in [-0.4, -0.2) is 23.8 Å². The number of hydrogen-bond acceptors (Lipinski definition) is 3. The van der Waals surface area contributed by atoms with Crippen LogP contribution in [0.4, 0.5) is 4.79 Å². The van der Waals surface area contributed by atoms with Crippen molar-refractivity contribution in [3.05, 3.63) is 11.8 Å². The fraction of sp³-hybridized carbons (Fsp3) is 0.636. The van der Waals surface area contributed by atoms with E-state index in [9.17, 15) is 9.59 Å². The minimum Gasteiger partial charge on any atom is -0.477 e. The predicted octanol–water partition coefficient (Wildman–Crippen LogP) is 2.14. The van der Waals surface area contributed by atoms with Crippen LogP contribution in [0.15, 0.2) is 11.8 Å². The lowest BCUT2D eigenvalue weighted by molar-refractivity contribution is -0.133. The van der Waals surface area contributed by atoms with Crippen LogP contribution >= 0.6 is 0 Å². The van der Waals surface area contributed by atoms with Crippen LogP contribution in [0.3, 0.4) is 0 Å². The van der Waals surface area contributed by atoms with Crippen molar-refractivity contribution in [3.8, 4) is 0 Å². The molecule has 0 heterocycles. The van der Waals surface area contributed by atoms with E-state index in [0.29, 0.717) is 6.61 Å². The minimum atomic E-state index is -1.17. The maximum absolute atomic E-state index is 11.2. The first kappa shape index (κ1) is 14.5. The van der Waals surface area contributed by atoms with E-state index in [4.69, 9.17) is 9.84 Å². The Balaban J connectivity index is 4.20. The molecule has 0 unspecified atom stereocenters. The minimum absolute atomic E-state index is 0.0436. The van der Waals surface area contributed by atoms with Gasteiger partial charge in [0.05, 0.1) is 6.61 Å². The van der Waals surface area contributed by atoms with Gasteiger partial charge in [-0.25, -0.2) is 9.59 Å². The molecule has 5 heteroatoms. The molecule has 0 radical (unpaired) electrons. The van der Waals surface area contributed by atoms with E-state index in [1.807, 2.05) is 20.8 Å². The van der Waals surface area contributed by atoms with E-state index in [-0.39, 0.29) is 11.6 Å². The summed E-state index contributed by atoms with van der Waals surface area (Å²) in [7, 11) is 0. The zero-order valence-electron chi connectivity index (χ0n) is 9.95. The smallest absolute Gasteiger partial charge is 0.411 e. The highest BCUT2D eigenvalue weighted by Crippen LogP contribution is 2.00. The Kier molecular flexibility index (Phi) is 7.00. The summed E-state index contributed by atoms with van der Waals surface area (Å²) in [6.45, 7) is 5.93. The van der Waals surface area contributed by atoms with E-state index < -0.39 is 12.1 Å². The van der Waals surface area contributed by atoms with E-state index in [1.165, 1.54) is 6.08 Å². The summed E-state index contributed by atoms with van der Waals surface area (Å²) in [6.07, 6.45) is 2.43. The number of hydrogen-bond donors (Lipinski definition) is 2. The Morgan fingerprint density at radius 1 is 1.44 bits per heavy atom. The molecule has 0 atom stereocenters. The molecule has 92 valence electrons. The lowest BCUT2D eigenvalue weighted by atomic mass is 10.2. The van der Waals surface area contributed by atoms with Gasteiger partial charge in [-0.3, -0.25) is 5.32 Å². The molecule has 0 fully saturated rings. The third kappa shape index (κ3) is 6.86. The lowest BCUT2D eigenvalue weighted by Gasteiger charge is -2.07. The molecular formula is C11H19NO4. The standard InChI is InChI=1S/C11H19NO4/c1-4-5-6-16-11(15)12-9(10(13)14)7-8(2)3/h7-8H,4-6H2,1-3H3,(H,12,15)(H,13,14). The van der Waals surface area contributed by atoms with Gasteiger partial charge in [-0.2, -0.15) is 0 Å². The molecule has 0 saturated carbocycles. The highest BCUT2D eigenvalue weighted by molar-refractivity contribution is 5.90. The van der Waals surface area contributed by atoms with Crippen molar-refractivity contribution in [2.75, 3.05) is 6.61 Å². The molecule has 2 N–H and O–H groups in total. The number of allylic oxidation sites excluding steroid dienone is 1. The van der Waals surface area contributed by atoms with E-state index in [1.54, 1.807) is 0 Å². The Morgan fingerprint density at radius 2 is 2.06 bits per heavy atom. The second-order valence-electron chi connectivity index (χ2n) is 3.74. The van der Waals surface area contributed by atoms with Gasteiger partial charge in [0.15, 0.2) is 0 Å². The third-order valence-electron chi connectivity index (χ3n) is 1.70. The summed E-state index contributed by atoms with van der Waals surface area (Å²) >= 11 is 0. The number of carbonyl (C=O) groups excluding carboxylic acids is 1. The van der Waals surface area contributed by atoms with Crippen LogP contribution in [0, 0.1) is 5.92 Å². The van der Waals surface area contributed by atoms with Gasteiger partial charge in [-0.05, 0) is 12.3 Å². The van der Waals surface area contributed by atoms with E-state index in [2.05, 4.69) is 5.32 Å². The molecule has 0 aromatic heterocycles. The van der Waals surface area contributed by atoms with Crippen molar-refractivity contribution in [1.29, 1.82) is 0 Å². The maximum atomic E-state index is 11.2. The van der Waals surface area contributed by atoms with Gasteiger partial charge in [0, 0.05) is 0 Å². The third-order valence-corrected chi connectivity index (χ3v) is 1.70. The molecule has 0 aliphatic heterocycles. The van der Waals surface area contributed by atoms with Crippen LogP contribution in [0.5, 0.6) is 0 Å². The van der Waals surface area contributed by atoms with Crippen molar-refractivity contribution in [1.82, 2.24) is 5.32 Å². The zero-order chi connectivity index (χ0) is 12.6. The summed E-state index contributed by atoms with van der Waals surface area (Å²) < 4.78 is 4.79. The maximum Gasteiger partial charge on any atom is 0.411 e. The lowest BCUT2D eigenvalue weighted by Crippen LogP contribution is -2.28. The Bertz CT molecular complexity index is 271. The Hall–Kier alpha value is -1.52. The zero-order valence-corrected chi connectivity index (χ0v) is 9.95. The SMILES string of the molecule is CCCCOC(=O)NC(=CC(C)C)C(=O)O. The number of amides is 1. The first-order valence-electron chi connectivity index (χ1n) is 5.36. The highest BCUT2D eigenvalue weighted by atomic mass is 16.5. The van der Waals surface area contributed by atoms with Gasteiger partial charge in [0.2, 0.25) is 0 Å². The second-order valence-corrected chi connectivity index (χ2v) is 3.74. The fourth-order valence-corrected chi connectivity index (χ4v) is 0.955. The molecule has 0 aromatic carbocycles. The average molecular weight is 229 g/mol. The van der Waals surface area contributed by atoms with E-state index in [0.717, 1.165) is 12.8 Å².